The first-order valence-electron chi connectivity index (χ1n) is 1.91. The number of hydrogen-bond donors (Lipinski definition) is 0. The van der Waals surface area contributed by atoms with Crippen LogP contribution in [0.3, 0.4) is 0 Å². The smallest absolute Gasteiger partial charge is 0.273 e. The molecule has 0 heterocycles. The fourth-order valence-electron chi connectivity index (χ4n) is 0. The van der Waals surface area contributed by atoms with Crippen molar-refractivity contribution in [1.29, 1.82) is 0 Å². The molecule has 0 aliphatic carbocycles. The molecule has 0 nitrogen and oxygen atoms in total. The minimum atomic E-state index is -2.70. The van der Waals surface area contributed by atoms with Crippen LogP contribution in [0.1, 0.15) is 0 Å². The zero-order chi connectivity index (χ0) is 6.08. The number of rotatable bonds is 1. The van der Waals surface area contributed by atoms with Crippen LogP contribution in [0.15, 0.2) is 0 Å². The minimum Gasteiger partial charge on any atom is -0.312 e. The molecule has 0 aromatic rings. The summed E-state index contributed by atoms with van der Waals surface area (Å²) in [5.41, 5.74) is 0. The van der Waals surface area contributed by atoms with Gasteiger partial charge in [0.15, 0.2) is 0 Å². The summed E-state index contributed by atoms with van der Waals surface area (Å²) in [6.45, 7) is 2.94. The van der Waals surface area contributed by atoms with Gasteiger partial charge in [0.2, 0.25) is 0 Å². The van der Waals surface area contributed by atoms with Crippen LogP contribution < -0.4 is 0 Å². The molecule has 0 bridgehead atoms. The van der Waals surface area contributed by atoms with Crippen molar-refractivity contribution in [1.82, 2.24) is 0 Å². The van der Waals surface area contributed by atoms with E-state index in [9.17, 15) is 4.11 Å². The molecule has 0 radical (unpaired) electrons. The van der Waals surface area contributed by atoms with Crippen molar-refractivity contribution in [3.05, 3.63) is 0 Å². The lowest BCUT2D eigenvalue weighted by Crippen LogP contribution is -2.27. The Bertz CT molecular complexity index is 58.4. The van der Waals surface area contributed by atoms with Gasteiger partial charge in [-0.05, 0) is 13.1 Å². The lowest BCUT2D eigenvalue weighted by atomic mass is 11.8. The van der Waals surface area contributed by atoms with Gasteiger partial charge in [-0.1, -0.05) is 0 Å². The summed E-state index contributed by atoms with van der Waals surface area (Å²) in [5.74, 6) is 0. The molecule has 0 rings (SSSR count). The third-order valence-corrected chi connectivity index (χ3v) is 4.67. The van der Waals surface area contributed by atoms with Crippen LogP contribution in [0.2, 0.25) is 13.1 Å². The molecule has 0 atom stereocenters. The number of halogens is 3. The van der Waals surface area contributed by atoms with Crippen molar-refractivity contribution in [2.24, 2.45) is 0 Å². The third-order valence-electron chi connectivity index (χ3n) is 0.519. The predicted molar refractivity (Wildman–Crippen MR) is 34.1 cm³/mol. The van der Waals surface area contributed by atoms with E-state index in [1.807, 2.05) is 0 Å². The zero-order valence-corrected chi connectivity index (χ0v) is 6.72. The minimum absolute atomic E-state index is 0.785. The number of hydrogen-bond acceptors (Lipinski definition) is 0. The predicted octanol–water partition coefficient (Wildman–Crippen LogP) is 2.50. The van der Waals surface area contributed by atoms with Gasteiger partial charge in [0.25, 0.3) is 8.41 Å². The van der Waals surface area contributed by atoms with E-state index in [2.05, 4.69) is 0 Å². The second-order valence-corrected chi connectivity index (χ2v) is 7.40. The topological polar surface area (TPSA) is 0 Å². The maximum absolute atomic E-state index is 12.4. The van der Waals surface area contributed by atoms with Crippen molar-refractivity contribution >= 4 is 31.6 Å². The quantitative estimate of drug-likeness (QED) is 0.315. The van der Waals surface area contributed by atoms with Crippen molar-refractivity contribution in [2.75, 3.05) is 0 Å². The first-order chi connectivity index (χ1) is 2.94. The van der Waals surface area contributed by atoms with E-state index >= 15 is 0 Å². The molecular weight excluding hydrogens is 154 g/mol. The Morgan fingerprint density at radius 3 is 1.57 bits per heavy atom. The molecule has 0 fully saturated rings. The maximum atomic E-state index is 12.4. The largest absolute Gasteiger partial charge is 0.312 e. The summed E-state index contributed by atoms with van der Waals surface area (Å²) in [5, 5.41) is 0. The van der Waals surface area contributed by atoms with E-state index < -0.39 is 12.9 Å². The van der Waals surface area contributed by atoms with E-state index in [-0.39, 0.29) is 0 Å². The first-order valence-corrected chi connectivity index (χ1v) is 5.74. The molecule has 0 N–H and O–H groups in total. The van der Waals surface area contributed by atoms with E-state index in [0.29, 0.717) is 0 Å². The van der Waals surface area contributed by atoms with Crippen molar-refractivity contribution < 1.29 is 4.11 Å². The standard InChI is InChI=1S/C3H7Cl2FSi/c1-7(2,6)3(4)5/h3H,1-2H3. The van der Waals surface area contributed by atoms with E-state index in [1.54, 1.807) is 0 Å². The molecule has 0 unspecified atom stereocenters. The van der Waals surface area contributed by atoms with Crippen LogP contribution in [0.25, 0.3) is 0 Å². The lowest BCUT2D eigenvalue weighted by Gasteiger charge is -2.09. The van der Waals surface area contributed by atoms with Crippen LogP contribution in [0, 0.1) is 0 Å². The van der Waals surface area contributed by atoms with Gasteiger partial charge >= 0.3 is 0 Å². The van der Waals surface area contributed by atoms with Crippen LogP contribution >= 0.6 is 23.2 Å². The van der Waals surface area contributed by atoms with Crippen LogP contribution in [0.4, 0.5) is 4.11 Å². The molecule has 0 spiro atoms. The summed E-state index contributed by atoms with van der Waals surface area (Å²) in [6, 6.07) is 0. The van der Waals surface area contributed by atoms with Gasteiger partial charge in [0.1, 0.15) is 4.46 Å². The van der Waals surface area contributed by atoms with Crippen molar-refractivity contribution in [3.63, 3.8) is 0 Å². The van der Waals surface area contributed by atoms with Crippen LogP contribution in [-0.2, 0) is 0 Å². The second-order valence-electron chi connectivity index (χ2n) is 1.87. The Balaban J connectivity index is 3.54. The zero-order valence-electron chi connectivity index (χ0n) is 4.21. The SMILES string of the molecule is C[Si](C)(F)C(Cl)Cl. The van der Waals surface area contributed by atoms with Crippen molar-refractivity contribution in [3.8, 4) is 0 Å². The lowest BCUT2D eigenvalue weighted by molar-refractivity contribution is 0.801. The Labute approximate surface area is 53.8 Å². The molecule has 4 heteroatoms. The summed E-state index contributed by atoms with van der Waals surface area (Å²) < 4.78 is 11.6. The molecule has 0 aromatic heterocycles. The van der Waals surface area contributed by atoms with Gasteiger partial charge in [-0.15, -0.1) is 23.2 Å². The molecule has 0 aliphatic rings. The molecule has 0 saturated heterocycles. The average Bonchev–Trinajstić information content (AvgIpc) is 1.31. The Hall–Kier alpha value is 0.727. The van der Waals surface area contributed by atoms with E-state index in [4.69, 9.17) is 23.2 Å². The highest BCUT2D eigenvalue weighted by Crippen LogP contribution is 2.18. The Kier molecular flexibility index (Phi) is 2.57. The highest BCUT2D eigenvalue weighted by Gasteiger charge is 2.28. The fourth-order valence-corrected chi connectivity index (χ4v) is 0. The fraction of sp³-hybridized carbons (Fsp3) is 1.00. The van der Waals surface area contributed by atoms with Gasteiger partial charge in [-0.2, -0.15) is 0 Å². The average molecular weight is 161 g/mol. The molecule has 0 aromatic carbocycles. The molecule has 0 amide bonds. The molecule has 0 saturated carbocycles. The summed E-state index contributed by atoms with van der Waals surface area (Å²) in [7, 11) is -2.70. The van der Waals surface area contributed by atoms with Crippen LogP contribution in [0.5, 0.6) is 0 Å². The Morgan fingerprint density at radius 1 is 1.43 bits per heavy atom. The highest BCUT2D eigenvalue weighted by molar-refractivity contribution is 6.87. The van der Waals surface area contributed by atoms with Gasteiger partial charge in [0, 0.05) is 0 Å². The molecular formula is C3H7Cl2FSi. The van der Waals surface area contributed by atoms with Gasteiger partial charge in [-0.3, -0.25) is 0 Å². The van der Waals surface area contributed by atoms with E-state index in [1.165, 1.54) is 13.1 Å². The number of alkyl halides is 2. The molecule has 0 aliphatic heterocycles. The normalized spacial score (nSPS) is 12.9. The van der Waals surface area contributed by atoms with E-state index in [0.717, 1.165) is 0 Å². The summed E-state index contributed by atoms with van der Waals surface area (Å²) >= 11 is 10.4. The van der Waals surface area contributed by atoms with Crippen molar-refractivity contribution in [2.45, 2.75) is 17.6 Å². The highest BCUT2D eigenvalue weighted by atomic mass is 35.5. The summed E-state index contributed by atoms with van der Waals surface area (Å²) in [6.07, 6.45) is 0. The van der Waals surface area contributed by atoms with Gasteiger partial charge in [0.05, 0.1) is 0 Å². The molecule has 44 valence electrons. The van der Waals surface area contributed by atoms with Gasteiger partial charge in [-0.25, -0.2) is 0 Å². The molecule has 7 heavy (non-hydrogen) atoms. The van der Waals surface area contributed by atoms with Gasteiger partial charge < -0.3 is 4.11 Å². The van der Waals surface area contributed by atoms with Crippen LogP contribution in [-0.4, -0.2) is 12.9 Å². The first kappa shape index (κ1) is 7.73. The third kappa shape index (κ3) is 3.32. The Morgan fingerprint density at radius 2 is 1.57 bits per heavy atom. The summed E-state index contributed by atoms with van der Waals surface area (Å²) in [4.78, 5) is 0. The second kappa shape index (κ2) is 2.33. The maximum Gasteiger partial charge on any atom is 0.273 e. The monoisotopic (exact) mass is 160 g/mol.